The molecule has 0 N–H and O–H groups in total. The summed E-state index contributed by atoms with van der Waals surface area (Å²) in [5.74, 6) is 0. The molecule has 0 unspecified atom stereocenters. The summed E-state index contributed by atoms with van der Waals surface area (Å²) >= 11 is 0. The largest absolute Gasteiger partial charge is 0.0919 e. The van der Waals surface area contributed by atoms with Gasteiger partial charge in [0, 0.05) is 0 Å². The Morgan fingerprint density at radius 2 is 0.889 bits per heavy atom. The SMILES string of the molecule is C1CCCC1.CC=CC. The normalized spacial score (nSPS) is 17.6. The Bertz CT molecular complexity index is 46.8. The molecule has 0 aromatic carbocycles. The van der Waals surface area contributed by atoms with E-state index in [2.05, 4.69) is 0 Å². The van der Waals surface area contributed by atoms with E-state index < -0.39 is 0 Å². The van der Waals surface area contributed by atoms with Crippen molar-refractivity contribution in [3.05, 3.63) is 12.2 Å². The van der Waals surface area contributed by atoms with E-state index in [9.17, 15) is 0 Å². The lowest BCUT2D eigenvalue weighted by atomic mass is 10.4. The molecule has 1 saturated carbocycles. The van der Waals surface area contributed by atoms with E-state index >= 15 is 0 Å². The third-order valence-electron chi connectivity index (χ3n) is 1.58. The van der Waals surface area contributed by atoms with Gasteiger partial charge in [-0.05, 0) is 13.8 Å². The second kappa shape index (κ2) is 7.74. The maximum Gasteiger partial charge on any atom is -0.0470 e. The molecule has 1 rings (SSSR count). The zero-order chi connectivity index (χ0) is 6.95. The zero-order valence-corrected chi connectivity index (χ0v) is 6.69. The highest BCUT2D eigenvalue weighted by molar-refractivity contribution is 4.68. The molecular formula is C9H18. The van der Waals surface area contributed by atoms with E-state index in [1.165, 1.54) is 32.1 Å². The Hall–Kier alpha value is -0.260. The Morgan fingerprint density at radius 1 is 0.667 bits per heavy atom. The van der Waals surface area contributed by atoms with Gasteiger partial charge in [0.25, 0.3) is 0 Å². The van der Waals surface area contributed by atoms with Crippen molar-refractivity contribution < 1.29 is 0 Å². The summed E-state index contributed by atoms with van der Waals surface area (Å²) < 4.78 is 0. The standard InChI is InChI=1S/C5H10.C4H8/c1-2-4-5-3-1;1-3-4-2/h1-5H2;3-4H,1-2H3. The van der Waals surface area contributed by atoms with Gasteiger partial charge in [0.05, 0.1) is 0 Å². The van der Waals surface area contributed by atoms with Gasteiger partial charge in [-0.1, -0.05) is 44.3 Å². The predicted molar refractivity (Wildman–Crippen MR) is 43.6 cm³/mol. The van der Waals surface area contributed by atoms with Crippen molar-refractivity contribution in [2.75, 3.05) is 0 Å². The molecule has 1 aliphatic rings. The fourth-order valence-electron chi connectivity index (χ4n) is 0.884. The Kier molecular flexibility index (Phi) is 7.52. The van der Waals surface area contributed by atoms with Gasteiger partial charge in [0.2, 0.25) is 0 Å². The summed E-state index contributed by atoms with van der Waals surface area (Å²) in [5, 5.41) is 0. The molecule has 54 valence electrons. The van der Waals surface area contributed by atoms with Crippen LogP contribution in [0.1, 0.15) is 46.0 Å². The van der Waals surface area contributed by atoms with Gasteiger partial charge in [-0.15, -0.1) is 0 Å². The summed E-state index contributed by atoms with van der Waals surface area (Å²) in [7, 11) is 0. The van der Waals surface area contributed by atoms with Gasteiger partial charge in [-0.2, -0.15) is 0 Å². The highest BCUT2D eigenvalue weighted by atomic mass is 14.0. The summed E-state index contributed by atoms with van der Waals surface area (Å²) in [6.07, 6.45) is 11.5. The van der Waals surface area contributed by atoms with Crippen LogP contribution < -0.4 is 0 Å². The lowest BCUT2D eigenvalue weighted by Crippen LogP contribution is -1.47. The van der Waals surface area contributed by atoms with Gasteiger partial charge in [0.15, 0.2) is 0 Å². The minimum atomic E-state index is 1.50. The van der Waals surface area contributed by atoms with Gasteiger partial charge < -0.3 is 0 Å². The predicted octanol–water partition coefficient (Wildman–Crippen LogP) is 3.53. The van der Waals surface area contributed by atoms with Gasteiger partial charge in [-0.3, -0.25) is 0 Å². The minimum absolute atomic E-state index is 1.50. The van der Waals surface area contributed by atoms with E-state index in [0.717, 1.165) is 0 Å². The average Bonchev–Trinajstić information content (AvgIpc) is 2.43. The lowest BCUT2D eigenvalue weighted by Gasteiger charge is -1.67. The Morgan fingerprint density at radius 3 is 1.00 bits per heavy atom. The molecule has 0 saturated heterocycles. The fraction of sp³-hybridized carbons (Fsp3) is 0.778. The van der Waals surface area contributed by atoms with Crippen molar-refractivity contribution in [2.45, 2.75) is 46.0 Å². The maximum absolute atomic E-state index is 2.00. The van der Waals surface area contributed by atoms with Crippen LogP contribution in [0.15, 0.2) is 12.2 Å². The highest BCUT2D eigenvalue weighted by Crippen LogP contribution is 2.15. The molecule has 0 spiro atoms. The summed E-state index contributed by atoms with van der Waals surface area (Å²) in [6.45, 7) is 4.00. The van der Waals surface area contributed by atoms with E-state index in [-0.39, 0.29) is 0 Å². The molecule has 0 bridgehead atoms. The van der Waals surface area contributed by atoms with Gasteiger partial charge in [-0.25, -0.2) is 0 Å². The molecule has 1 fully saturated rings. The smallest absolute Gasteiger partial charge is 0.0470 e. The van der Waals surface area contributed by atoms with Crippen LogP contribution in [-0.2, 0) is 0 Å². The fourth-order valence-corrected chi connectivity index (χ4v) is 0.884. The first kappa shape index (κ1) is 8.74. The van der Waals surface area contributed by atoms with E-state index in [0.29, 0.717) is 0 Å². The van der Waals surface area contributed by atoms with Crippen LogP contribution in [0.4, 0.5) is 0 Å². The van der Waals surface area contributed by atoms with E-state index in [1.54, 1.807) is 0 Å². The monoisotopic (exact) mass is 126 g/mol. The van der Waals surface area contributed by atoms with Crippen molar-refractivity contribution in [3.63, 3.8) is 0 Å². The van der Waals surface area contributed by atoms with Crippen molar-refractivity contribution in [2.24, 2.45) is 0 Å². The number of rotatable bonds is 0. The van der Waals surface area contributed by atoms with Crippen LogP contribution in [-0.4, -0.2) is 0 Å². The molecule has 0 heteroatoms. The molecule has 0 nitrogen and oxygen atoms in total. The first-order valence-electron chi connectivity index (χ1n) is 3.99. The topological polar surface area (TPSA) is 0 Å². The molecule has 0 aromatic heterocycles. The van der Waals surface area contributed by atoms with Crippen LogP contribution in [0.3, 0.4) is 0 Å². The van der Waals surface area contributed by atoms with Crippen molar-refractivity contribution in [1.29, 1.82) is 0 Å². The van der Waals surface area contributed by atoms with Crippen LogP contribution in [0.25, 0.3) is 0 Å². The Labute approximate surface area is 59.0 Å². The zero-order valence-electron chi connectivity index (χ0n) is 6.69. The van der Waals surface area contributed by atoms with Crippen LogP contribution in [0.2, 0.25) is 0 Å². The molecule has 0 radical (unpaired) electrons. The maximum atomic E-state index is 2.00. The number of hydrogen-bond donors (Lipinski definition) is 0. The Balaban J connectivity index is 0.000000148. The quantitative estimate of drug-likeness (QED) is 0.435. The second-order valence-electron chi connectivity index (χ2n) is 2.43. The lowest BCUT2D eigenvalue weighted by molar-refractivity contribution is 0.886. The number of allylic oxidation sites excluding steroid dienone is 2. The van der Waals surface area contributed by atoms with Crippen molar-refractivity contribution in [1.82, 2.24) is 0 Å². The second-order valence-corrected chi connectivity index (χ2v) is 2.43. The minimum Gasteiger partial charge on any atom is -0.0919 e. The summed E-state index contributed by atoms with van der Waals surface area (Å²) in [6, 6.07) is 0. The third kappa shape index (κ3) is 7.74. The molecule has 0 aromatic rings. The van der Waals surface area contributed by atoms with E-state index in [4.69, 9.17) is 0 Å². The summed E-state index contributed by atoms with van der Waals surface area (Å²) in [4.78, 5) is 0. The molecule has 9 heavy (non-hydrogen) atoms. The van der Waals surface area contributed by atoms with Gasteiger partial charge >= 0.3 is 0 Å². The molecule has 0 amide bonds. The van der Waals surface area contributed by atoms with Gasteiger partial charge in [0.1, 0.15) is 0 Å². The van der Waals surface area contributed by atoms with Crippen LogP contribution >= 0.6 is 0 Å². The third-order valence-corrected chi connectivity index (χ3v) is 1.58. The summed E-state index contributed by atoms with van der Waals surface area (Å²) in [5.41, 5.74) is 0. The molecule has 0 aliphatic heterocycles. The van der Waals surface area contributed by atoms with Crippen LogP contribution in [0.5, 0.6) is 0 Å². The molecular weight excluding hydrogens is 108 g/mol. The van der Waals surface area contributed by atoms with Crippen LogP contribution in [0, 0.1) is 0 Å². The number of hydrogen-bond acceptors (Lipinski definition) is 0. The molecule has 0 atom stereocenters. The molecule has 1 aliphatic carbocycles. The molecule has 0 heterocycles. The average molecular weight is 126 g/mol. The van der Waals surface area contributed by atoms with E-state index in [1.807, 2.05) is 26.0 Å². The van der Waals surface area contributed by atoms with Crippen molar-refractivity contribution in [3.8, 4) is 0 Å². The highest BCUT2D eigenvalue weighted by Gasteiger charge is 1.95. The first-order valence-corrected chi connectivity index (χ1v) is 3.99. The first-order chi connectivity index (χ1) is 4.41. The van der Waals surface area contributed by atoms with Crippen molar-refractivity contribution >= 4 is 0 Å².